The molecule has 19 heavy (non-hydrogen) atoms. The fraction of sp³-hybridized carbons (Fsp3) is 0.167. The van der Waals surface area contributed by atoms with Gasteiger partial charge in [-0.3, -0.25) is 0 Å². The minimum Gasteiger partial charge on any atom is -0.464 e. The van der Waals surface area contributed by atoms with Gasteiger partial charge in [-0.2, -0.15) is 10.4 Å². The maximum absolute atomic E-state index is 11.4. The number of aryl methyl sites for hydroxylation is 1. The number of nitrogens with zero attached hydrogens (tertiary/aromatic N) is 4. The number of nitriles is 1. The molecule has 0 bridgehead atoms. The summed E-state index contributed by atoms with van der Waals surface area (Å²) < 4.78 is 5.87. The van der Waals surface area contributed by atoms with E-state index in [1.54, 1.807) is 19.1 Å². The Kier molecular flexibility index (Phi) is 3.16. The average molecular weight is 257 g/mol. The molecule has 0 aliphatic heterocycles. The number of hydrogen-bond acceptors (Lipinski definition) is 6. The molecule has 0 saturated carbocycles. The predicted octanol–water partition coefficient (Wildman–Crippen LogP) is 0.816. The Bertz CT molecular complexity index is 684. The van der Waals surface area contributed by atoms with Crippen LogP contribution in [0.25, 0.3) is 5.82 Å². The van der Waals surface area contributed by atoms with Gasteiger partial charge < -0.3 is 10.5 Å². The lowest BCUT2D eigenvalue weighted by Gasteiger charge is -2.03. The fourth-order valence-electron chi connectivity index (χ4n) is 1.56. The van der Waals surface area contributed by atoms with Crippen LogP contribution in [0.15, 0.2) is 18.3 Å². The van der Waals surface area contributed by atoms with Crippen LogP contribution in [0.5, 0.6) is 0 Å². The van der Waals surface area contributed by atoms with Gasteiger partial charge in [-0.05, 0) is 19.1 Å². The van der Waals surface area contributed by atoms with Crippen molar-refractivity contribution in [3.05, 3.63) is 35.3 Å². The highest BCUT2D eigenvalue weighted by atomic mass is 16.5. The summed E-state index contributed by atoms with van der Waals surface area (Å²) in [6, 6.07) is 5.36. The SMILES string of the molecule is COC(=O)c1nn(-c2nc(C)ccc2C#N)cc1N. The smallest absolute Gasteiger partial charge is 0.360 e. The lowest BCUT2D eigenvalue weighted by Crippen LogP contribution is -2.07. The highest BCUT2D eigenvalue weighted by Crippen LogP contribution is 2.16. The van der Waals surface area contributed by atoms with Crippen molar-refractivity contribution in [1.82, 2.24) is 14.8 Å². The summed E-state index contributed by atoms with van der Waals surface area (Å²) in [5.41, 5.74) is 6.91. The number of nitrogen functional groups attached to an aromatic ring is 1. The number of hydrogen-bond donors (Lipinski definition) is 1. The van der Waals surface area contributed by atoms with Crippen molar-refractivity contribution in [3.8, 4) is 11.9 Å². The second-order valence-corrected chi connectivity index (χ2v) is 3.80. The molecule has 0 fully saturated rings. The second kappa shape index (κ2) is 4.78. The number of esters is 1. The van der Waals surface area contributed by atoms with Gasteiger partial charge in [-0.15, -0.1) is 0 Å². The largest absolute Gasteiger partial charge is 0.464 e. The lowest BCUT2D eigenvalue weighted by molar-refractivity contribution is 0.0594. The summed E-state index contributed by atoms with van der Waals surface area (Å²) in [4.78, 5) is 15.7. The summed E-state index contributed by atoms with van der Waals surface area (Å²) in [5, 5.41) is 13.1. The number of pyridine rings is 1. The molecule has 0 amide bonds. The van der Waals surface area contributed by atoms with E-state index in [4.69, 9.17) is 11.0 Å². The van der Waals surface area contributed by atoms with E-state index in [0.29, 0.717) is 11.4 Å². The molecule has 0 aliphatic rings. The molecular formula is C12H11N5O2. The summed E-state index contributed by atoms with van der Waals surface area (Å²) in [5.74, 6) is -0.313. The van der Waals surface area contributed by atoms with E-state index < -0.39 is 5.97 Å². The van der Waals surface area contributed by atoms with Crippen LogP contribution in [0, 0.1) is 18.3 Å². The molecule has 2 rings (SSSR count). The molecule has 0 radical (unpaired) electrons. The van der Waals surface area contributed by atoms with E-state index in [2.05, 4.69) is 14.8 Å². The molecule has 7 heteroatoms. The number of anilines is 1. The highest BCUT2D eigenvalue weighted by Gasteiger charge is 2.17. The first-order valence-electron chi connectivity index (χ1n) is 5.38. The van der Waals surface area contributed by atoms with Crippen LogP contribution in [0.1, 0.15) is 21.7 Å². The molecule has 2 heterocycles. The second-order valence-electron chi connectivity index (χ2n) is 3.80. The quantitative estimate of drug-likeness (QED) is 0.798. The Morgan fingerprint density at radius 1 is 1.53 bits per heavy atom. The maximum Gasteiger partial charge on any atom is 0.360 e. The Morgan fingerprint density at radius 2 is 2.26 bits per heavy atom. The molecule has 0 saturated heterocycles. The van der Waals surface area contributed by atoms with Crippen molar-refractivity contribution < 1.29 is 9.53 Å². The van der Waals surface area contributed by atoms with Gasteiger partial charge in [0.05, 0.1) is 24.6 Å². The first kappa shape index (κ1) is 12.6. The van der Waals surface area contributed by atoms with E-state index in [-0.39, 0.29) is 11.4 Å². The minimum absolute atomic E-state index is 0.00491. The zero-order chi connectivity index (χ0) is 14.0. The van der Waals surface area contributed by atoms with E-state index >= 15 is 0 Å². The summed E-state index contributed by atoms with van der Waals surface area (Å²) in [6.45, 7) is 1.79. The van der Waals surface area contributed by atoms with Crippen LogP contribution in [0.3, 0.4) is 0 Å². The van der Waals surface area contributed by atoms with Gasteiger partial charge in [-0.1, -0.05) is 0 Å². The van der Waals surface area contributed by atoms with Crippen molar-refractivity contribution in [2.75, 3.05) is 12.8 Å². The van der Waals surface area contributed by atoms with Crippen molar-refractivity contribution in [2.45, 2.75) is 6.92 Å². The molecule has 2 N–H and O–H groups in total. The zero-order valence-electron chi connectivity index (χ0n) is 10.4. The van der Waals surface area contributed by atoms with E-state index in [1.807, 2.05) is 6.07 Å². The molecule has 0 aromatic carbocycles. The third-order valence-corrected chi connectivity index (χ3v) is 2.47. The molecule has 0 atom stereocenters. The number of rotatable bonds is 2. The van der Waals surface area contributed by atoms with E-state index in [1.165, 1.54) is 18.0 Å². The Balaban J connectivity index is 2.58. The summed E-state index contributed by atoms with van der Waals surface area (Å²) in [6.07, 6.45) is 1.43. The highest BCUT2D eigenvalue weighted by molar-refractivity contribution is 5.92. The van der Waals surface area contributed by atoms with Gasteiger partial charge in [0.1, 0.15) is 6.07 Å². The van der Waals surface area contributed by atoms with Crippen molar-refractivity contribution in [1.29, 1.82) is 5.26 Å². The average Bonchev–Trinajstić information content (AvgIpc) is 2.79. The first-order chi connectivity index (χ1) is 9.06. The molecule has 0 unspecified atom stereocenters. The monoisotopic (exact) mass is 257 g/mol. The zero-order valence-corrected chi connectivity index (χ0v) is 10.4. The van der Waals surface area contributed by atoms with E-state index in [9.17, 15) is 4.79 Å². The van der Waals surface area contributed by atoms with Gasteiger partial charge in [0.2, 0.25) is 0 Å². The lowest BCUT2D eigenvalue weighted by atomic mass is 10.2. The predicted molar refractivity (Wildman–Crippen MR) is 66.6 cm³/mol. The minimum atomic E-state index is -0.637. The van der Waals surface area contributed by atoms with Crippen molar-refractivity contribution in [3.63, 3.8) is 0 Å². The van der Waals surface area contributed by atoms with Crippen molar-refractivity contribution in [2.24, 2.45) is 0 Å². The molecule has 2 aromatic rings. The van der Waals surface area contributed by atoms with Crippen LogP contribution >= 0.6 is 0 Å². The number of methoxy groups -OCH3 is 1. The van der Waals surface area contributed by atoms with Crippen LogP contribution in [-0.2, 0) is 4.74 Å². The van der Waals surface area contributed by atoms with Gasteiger partial charge >= 0.3 is 5.97 Å². The number of nitrogens with two attached hydrogens (primary N) is 1. The van der Waals surface area contributed by atoms with Crippen LogP contribution in [-0.4, -0.2) is 27.8 Å². The van der Waals surface area contributed by atoms with Crippen LogP contribution < -0.4 is 5.73 Å². The molecule has 0 spiro atoms. The maximum atomic E-state index is 11.4. The van der Waals surface area contributed by atoms with E-state index in [0.717, 1.165) is 5.69 Å². The van der Waals surface area contributed by atoms with Crippen molar-refractivity contribution >= 4 is 11.7 Å². The van der Waals surface area contributed by atoms with Crippen LogP contribution in [0.2, 0.25) is 0 Å². The van der Waals surface area contributed by atoms with Gasteiger partial charge in [0.15, 0.2) is 11.5 Å². The molecular weight excluding hydrogens is 246 g/mol. The number of aromatic nitrogens is 3. The number of carbonyl (C=O) groups is 1. The normalized spacial score (nSPS) is 9.95. The summed E-state index contributed by atoms with van der Waals surface area (Å²) >= 11 is 0. The Hall–Kier alpha value is -2.88. The van der Waals surface area contributed by atoms with Gasteiger partial charge in [0.25, 0.3) is 0 Å². The Morgan fingerprint density at radius 3 is 2.89 bits per heavy atom. The van der Waals surface area contributed by atoms with Gasteiger partial charge in [0, 0.05) is 5.69 Å². The topological polar surface area (TPSA) is 107 Å². The third-order valence-electron chi connectivity index (χ3n) is 2.47. The number of ether oxygens (including phenoxy) is 1. The number of carbonyl (C=O) groups excluding carboxylic acids is 1. The first-order valence-corrected chi connectivity index (χ1v) is 5.38. The van der Waals surface area contributed by atoms with Gasteiger partial charge in [-0.25, -0.2) is 14.5 Å². The molecule has 2 aromatic heterocycles. The molecule has 0 aliphatic carbocycles. The summed E-state index contributed by atoms with van der Waals surface area (Å²) in [7, 11) is 1.24. The fourth-order valence-corrected chi connectivity index (χ4v) is 1.56. The molecule has 7 nitrogen and oxygen atoms in total. The van der Waals surface area contributed by atoms with Crippen LogP contribution in [0.4, 0.5) is 5.69 Å². The Labute approximate surface area is 109 Å². The third kappa shape index (κ3) is 2.24. The standard InChI is InChI=1S/C12H11N5O2/c1-7-3-4-8(5-13)11(15-7)17-6-9(14)10(16-17)12(18)19-2/h3-4,6H,14H2,1-2H3. The molecule has 96 valence electrons.